The molecule has 0 radical (unpaired) electrons. The summed E-state index contributed by atoms with van der Waals surface area (Å²) < 4.78 is 0. The van der Waals surface area contributed by atoms with Crippen LogP contribution in [0.4, 0.5) is 5.69 Å². The molecule has 0 unspecified atom stereocenters. The van der Waals surface area contributed by atoms with E-state index in [1.165, 1.54) is 0 Å². The first-order valence-corrected chi connectivity index (χ1v) is 4.85. The highest BCUT2D eigenvalue weighted by atomic mass is 14.9. The average Bonchev–Trinajstić information content (AvgIpc) is 2.20. The van der Waals surface area contributed by atoms with Gasteiger partial charge in [0.25, 0.3) is 0 Å². The van der Waals surface area contributed by atoms with Crippen LogP contribution < -0.4 is 11.5 Å². The van der Waals surface area contributed by atoms with Crippen LogP contribution in [-0.4, -0.2) is 11.7 Å². The van der Waals surface area contributed by atoms with Crippen molar-refractivity contribution >= 4 is 17.4 Å². The molecule has 0 fully saturated rings. The largest absolute Gasteiger partial charge is 0.399 e. The first kappa shape index (κ1) is 13.2. The van der Waals surface area contributed by atoms with Gasteiger partial charge in [-0.3, -0.25) is 5.41 Å². The van der Waals surface area contributed by atoms with Gasteiger partial charge in [0.15, 0.2) is 5.84 Å². The Kier molecular flexibility index (Phi) is 5.78. The summed E-state index contributed by atoms with van der Waals surface area (Å²) in [6.07, 6.45) is 0. The van der Waals surface area contributed by atoms with E-state index in [4.69, 9.17) is 16.9 Å². The molecule has 0 aliphatic heterocycles. The summed E-state index contributed by atoms with van der Waals surface area (Å²) in [7, 11) is 0. The van der Waals surface area contributed by atoms with Gasteiger partial charge < -0.3 is 11.5 Å². The lowest BCUT2D eigenvalue weighted by atomic mass is 10.2. The van der Waals surface area contributed by atoms with Crippen LogP contribution >= 0.6 is 0 Å². The standard InChI is InChI=1S/C9H12N4.C2H6/c1-6(10)13-9(12)7-2-4-8(11)5-3-7;1-2/h2-5H,11H2,1H3,(H3,10,12,13);1-2H3. The van der Waals surface area contributed by atoms with Crippen molar-refractivity contribution in [3.8, 4) is 0 Å². The Bertz CT molecular complexity index is 334. The number of anilines is 1. The molecule has 4 nitrogen and oxygen atoms in total. The zero-order valence-electron chi connectivity index (χ0n) is 9.41. The summed E-state index contributed by atoms with van der Waals surface area (Å²) in [5.74, 6) is 0.529. The molecule has 0 aliphatic rings. The third-order valence-corrected chi connectivity index (χ3v) is 1.47. The van der Waals surface area contributed by atoms with Gasteiger partial charge in [-0.2, -0.15) is 0 Å². The average molecular weight is 206 g/mol. The summed E-state index contributed by atoms with van der Waals surface area (Å²) in [5.41, 5.74) is 12.2. The number of aliphatic imine (C=N–C) groups is 1. The second-order valence-corrected chi connectivity index (χ2v) is 2.72. The van der Waals surface area contributed by atoms with Crippen molar-refractivity contribution in [2.75, 3.05) is 5.73 Å². The predicted molar refractivity (Wildman–Crippen MR) is 66.3 cm³/mol. The third-order valence-electron chi connectivity index (χ3n) is 1.47. The molecule has 0 heterocycles. The second-order valence-electron chi connectivity index (χ2n) is 2.72. The number of amidine groups is 2. The lowest BCUT2D eigenvalue weighted by Gasteiger charge is -1.99. The van der Waals surface area contributed by atoms with Gasteiger partial charge in [-0.1, -0.05) is 13.8 Å². The van der Waals surface area contributed by atoms with Crippen LogP contribution in [0.2, 0.25) is 0 Å². The predicted octanol–water partition coefficient (Wildman–Crippen LogP) is 2.00. The Morgan fingerprint density at radius 2 is 1.67 bits per heavy atom. The molecule has 0 atom stereocenters. The topological polar surface area (TPSA) is 88.2 Å². The van der Waals surface area contributed by atoms with Crippen molar-refractivity contribution in [1.29, 1.82) is 5.41 Å². The van der Waals surface area contributed by atoms with Gasteiger partial charge in [-0.05, 0) is 31.2 Å². The molecule has 1 aromatic carbocycles. The SMILES string of the molecule is CC.CC(N)=NC(=N)c1ccc(N)cc1. The summed E-state index contributed by atoms with van der Waals surface area (Å²) in [4.78, 5) is 3.81. The normalized spacial score (nSPS) is 10.2. The highest BCUT2D eigenvalue weighted by Gasteiger charge is 1.97. The molecular weight excluding hydrogens is 188 g/mol. The third kappa shape index (κ3) is 4.81. The molecule has 0 bridgehead atoms. The van der Waals surface area contributed by atoms with Gasteiger partial charge in [-0.25, -0.2) is 4.99 Å². The number of nitrogen functional groups attached to an aromatic ring is 1. The minimum atomic E-state index is 0.153. The van der Waals surface area contributed by atoms with E-state index in [0.29, 0.717) is 17.1 Å². The van der Waals surface area contributed by atoms with Crippen molar-refractivity contribution in [2.45, 2.75) is 20.8 Å². The first-order chi connectivity index (χ1) is 7.09. The number of nitrogens with one attached hydrogen (secondary N) is 1. The highest BCUT2D eigenvalue weighted by molar-refractivity contribution is 6.03. The number of benzene rings is 1. The number of nitrogens with two attached hydrogens (primary N) is 2. The molecule has 0 saturated carbocycles. The van der Waals surface area contributed by atoms with Crippen molar-refractivity contribution in [3.05, 3.63) is 29.8 Å². The first-order valence-electron chi connectivity index (χ1n) is 4.85. The van der Waals surface area contributed by atoms with E-state index in [1.807, 2.05) is 13.8 Å². The van der Waals surface area contributed by atoms with Crippen molar-refractivity contribution in [1.82, 2.24) is 0 Å². The Hall–Kier alpha value is -1.84. The fraction of sp³-hybridized carbons (Fsp3) is 0.273. The molecular formula is C11H18N4. The van der Waals surface area contributed by atoms with Gasteiger partial charge in [0.2, 0.25) is 0 Å². The summed E-state index contributed by atoms with van der Waals surface area (Å²) in [6.45, 7) is 5.64. The summed E-state index contributed by atoms with van der Waals surface area (Å²) in [6, 6.07) is 6.94. The van der Waals surface area contributed by atoms with Gasteiger partial charge in [0.05, 0.1) is 5.84 Å². The maximum absolute atomic E-state index is 7.52. The van der Waals surface area contributed by atoms with E-state index >= 15 is 0 Å². The molecule has 1 aromatic rings. The molecule has 0 amide bonds. The summed E-state index contributed by atoms with van der Waals surface area (Å²) in [5, 5.41) is 7.52. The number of rotatable bonds is 1. The molecule has 82 valence electrons. The van der Waals surface area contributed by atoms with Gasteiger partial charge in [-0.15, -0.1) is 0 Å². The van der Waals surface area contributed by atoms with E-state index in [2.05, 4.69) is 4.99 Å². The Morgan fingerprint density at radius 3 is 2.07 bits per heavy atom. The second kappa shape index (κ2) is 6.59. The molecule has 4 heteroatoms. The minimum absolute atomic E-state index is 0.153. The fourth-order valence-electron chi connectivity index (χ4n) is 0.882. The number of nitrogens with zero attached hydrogens (tertiary/aromatic N) is 1. The molecule has 0 saturated heterocycles. The smallest absolute Gasteiger partial charge is 0.153 e. The molecule has 15 heavy (non-hydrogen) atoms. The molecule has 0 spiro atoms. The van der Waals surface area contributed by atoms with E-state index in [0.717, 1.165) is 0 Å². The van der Waals surface area contributed by atoms with Crippen molar-refractivity contribution in [2.24, 2.45) is 10.7 Å². The van der Waals surface area contributed by atoms with Crippen LogP contribution in [0.3, 0.4) is 0 Å². The van der Waals surface area contributed by atoms with Crippen LogP contribution in [0.25, 0.3) is 0 Å². The Balaban J connectivity index is 0.000000921. The maximum atomic E-state index is 7.52. The zero-order chi connectivity index (χ0) is 11.8. The Labute approximate surface area is 90.5 Å². The lowest BCUT2D eigenvalue weighted by Crippen LogP contribution is -2.09. The molecule has 0 aliphatic carbocycles. The maximum Gasteiger partial charge on any atom is 0.153 e. The van der Waals surface area contributed by atoms with E-state index < -0.39 is 0 Å². The van der Waals surface area contributed by atoms with Crippen LogP contribution in [0, 0.1) is 5.41 Å². The van der Waals surface area contributed by atoms with Crippen LogP contribution in [0.1, 0.15) is 26.3 Å². The number of hydrogen-bond donors (Lipinski definition) is 3. The van der Waals surface area contributed by atoms with Crippen molar-refractivity contribution < 1.29 is 0 Å². The molecule has 5 N–H and O–H groups in total. The monoisotopic (exact) mass is 206 g/mol. The van der Waals surface area contributed by atoms with E-state index in [1.54, 1.807) is 31.2 Å². The van der Waals surface area contributed by atoms with E-state index in [9.17, 15) is 0 Å². The van der Waals surface area contributed by atoms with Gasteiger partial charge in [0.1, 0.15) is 0 Å². The molecule has 0 aromatic heterocycles. The fourth-order valence-corrected chi connectivity index (χ4v) is 0.882. The lowest BCUT2D eigenvalue weighted by molar-refractivity contribution is 1.39. The highest BCUT2D eigenvalue weighted by Crippen LogP contribution is 2.06. The van der Waals surface area contributed by atoms with Crippen LogP contribution in [-0.2, 0) is 0 Å². The molecule has 1 rings (SSSR count). The minimum Gasteiger partial charge on any atom is -0.399 e. The number of hydrogen-bond acceptors (Lipinski definition) is 2. The van der Waals surface area contributed by atoms with Crippen molar-refractivity contribution in [3.63, 3.8) is 0 Å². The Morgan fingerprint density at radius 1 is 1.20 bits per heavy atom. The zero-order valence-corrected chi connectivity index (χ0v) is 9.41. The van der Waals surface area contributed by atoms with Crippen LogP contribution in [0.5, 0.6) is 0 Å². The van der Waals surface area contributed by atoms with Gasteiger partial charge in [0, 0.05) is 11.3 Å². The van der Waals surface area contributed by atoms with Gasteiger partial charge >= 0.3 is 0 Å². The van der Waals surface area contributed by atoms with E-state index in [-0.39, 0.29) is 5.84 Å². The summed E-state index contributed by atoms with van der Waals surface area (Å²) >= 11 is 0. The van der Waals surface area contributed by atoms with Crippen LogP contribution in [0.15, 0.2) is 29.3 Å². The quantitative estimate of drug-likeness (QED) is 0.373.